The second kappa shape index (κ2) is 12.0. The summed E-state index contributed by atoms with van der Waals surface area (Å²) in [6.07, 6.45) is 5.54. The van der Waals surface area contributed by atoms with Crippen molar-refractivity contribution in [2.45, 2.75) is 32.1 Å². The molecule has 1 saturated heterocycles. The van der Waals surface area contributed by atoms with E-state index in [0.717, 1.165) is 70.4 Å². The molecular formula is C33H30N6O4S. The van der Waals surface area contributed by atoms with Gasteiger partial charge < -0.3 is 20.1 Å². The van der Waals surface area contributed by atoms with Crippen LogP contribution in [0.4, 0.5) is 5.69 Å². The first-order valence-electron chi connectivity index (χ1n) is 14.5. The van der Waals surface area contributed by atoms with Crippen LogP contribution in [0, 0.1) is 0 Å². The van der Waals surface area contributed by atoms with Gasteiger partial charge >= 0.3 is 5.97 Å². The lowest BCUT2D eigenvalue weighted by Gasteiger charge is -2.32. The van der Waals surface area contributed by atoms with Gasteiger partial charge in [-0.3, -0.25) is 14.8 Å². The van der Waals surface area contributed by atoms with Gasteiger partial charge in [0.1, 0.15) is 9.88 Å². The second-order valence-corrected chi connectivity index (χ2v) is 12.0. The number of anilines is 1. The number of carboxylic acids is 1. The molecule has 3 aromatic heterocycles. The van der Waals surface area contributed by atoms with Crippen LogP contribution in [0.25, 0.3) is 32.9 Å². The Kier molecular flexibility index (Phi) is 7.65. The first-order valence-corrected chi connectivity index (χ1v) is 15.3. The van der Waals surface area contributed by atoms with E-state index >= 15 is 0 Å². The Balaban J connectivity index is 1.10. The molecule has 1 amide bonds. The van der Waals surface area contributed by atoms with E-state index in [1.807, 2.05) is 72.9 Å². The first kappa shape index (κ1) is 28.0. The molecule has 10 nitrogen and oxygen atoms in total. The van der Waals surface area contributed by atoms with Crippen LogP contribution < -0.4 is 5.32 Å². The van der Waals surface area contributed by atoms with Gasteiger partial charge in [0, 0.05) is 29.0 Å². The van der Waals surface area contributed by atoms with E-state index in [1.165, 1.54) is 0 Å². The molecule has 44 heavy (non-hydrogen) atoms. The number of H-pyrrole nitrogens is 2. The number of aromatic amines is 2. The number of hydrogen-bond donors (Lipinski definition) is 4. The summed E-state index contributed by atoms with van der Waals surface area (Å²) in [5, 5.41) is 22.4. The van der Waals surface area contributed by atoms with E-state index in [-0.39, 0.29) is 16.7 Å². The van der Waals surface area contributed by atoms with E-state index < -0.39 is 11.9 Å². The molecule has 1 aliphatic rings. The Morgan fingerprint density at radius 3 is 2.82 bits per heavy atom. The van der Waals surface area contributed by atoms with E-state index in [0.29, 0.717) is 29.2 Å². The lowest BCUT2D eigenvalue weighted by molar-refractivity contribution is -0.0120. The lowest BCUT2D eigenvalue weighted by atomic mass is 9.99. The highest BCUT2D eigenvalue weighted by atomic mass is 32.1. The smallest absolute Gasteiger partial charge is 0.348 e. The van der Waals surface area contributed by atoms with Crippen molar-refractivity contribution in [1.82, 2.24) is 25.1 Å². The number of aromatic nitrogens is 4. The summed E-state index contributed by atoms with van der Waals surface area (Å²) in [6, 6.07) is 22.0. The molecular weight excluding hydrogens is 576 g/mol. The minimum atomic E-state index is -1.18. The Bertz CT molecular complexity index is 1960. The molecule has 0 spiro atoms. The number of amides is 1. The maximum absolute atomic E-state index is 13.6. The van der Waals surface area contributed by atoms with Crippen LogP contribution in [0.2, 0.25) is 0 Å². The molecule has 0 bridgehead atoms. The second-order valence-electron chi connectivity index (χ2n) is 10.9. The van der Waals surface area contributed by atoms with Crippen molar-refractivity contribution in [1.29, 1.82) is 0 Å². The molecule has 7 rings (SSSR count). The lowest BCUT2D eigenvalue weighted by Crippen LogP contribution is -2.39. The molecule has 6 aromatic rings. The molecule has 222 valence electrons. The molecule has 11 heteroatoms. The van der Waals surface area contributed by atoms with E-state index in [4.69, 9.17) is 4.74 Å². The third-order valence-corrected chi connectivity index (χ3v) is 8.97. The van der Waals surface area contributed by atoms with Gasteiger partial charge in [0.2, 0.25) is 0 Å². The molecule has 1 atom stereocenters. The number of fused-ring (bicyclic) bond motifs is 2. The van der Waals surface area contributed by atoms with E-state index in [1.54, 1.807) is 6.20 Å². The van der Waals surface area contributed by atoms with Crippen molar-refractivity contribution in [2.75, 3.05) is 18.4 Å². The number of carbonyl (C=O) groups is 2. The maximum Gasteiger partial charge on any atom is 0.348 e. The van der Waals surface area contributed by atoms with E-state index in [2.05, 4.69) is 30.4 Å². The number of hydrogen-bond acceptors (Lipinski definition) is 7. The van der Waals surface area contributed by atoms with Crippen LogP contribution in [-0.4, -0.2) is 61.2 Å². The third-order valence-electron chi connectivity index (χ3n) is 7.94. The number of carboxylic acid groups (broad SMARTS) is 1. The Hall–Kier alpha value is -4.84. The third kappa shape index (κ3) is 5.72. The van der Waals surface area contributed by atoms with Gasteiger partial charge in [0.05, 0.1) is 36.7 Å². The number of nitrogens with one attached hydrogen (secondary N) is 3. The maximum atomic E-state index is 13.6. The average Bonchev–Trinajstić information content (AvgIpc) is 3.80. The molecule has 0 aliphatic carbocycles. The SMILES string of the molecule is O=C(Nc1cc(-c2cccc3[nH]ccc23)cc2[nH]ncc12)c1nc(CN2CCCC(OCc3ccccc3)C2)sc1C(=O)O. The quantitative estimate of drug-likeness (QED) is 0.152. The number of piperidine rings is 1. The molecule has 0 radical (unpaired) electrons. The van der Waals surface area contributed by atoms with Gasteiger partial charge in [-0.15, -0.1) is 11.3 Å². The van der Waals surface area contributed by atoms with Gasteiger partial charge in [0.25, 0.3) is 5.91 Å². The standard InChI is InChI=1S/C33H30N6O4S/c40-32(36-27-14-21(15-28-25(27)16-35-38-28)23-9-4-10-26-24(23)11-12-34-26)30-31(33(41)42)44-29(37-30)18-39-13-5-8-22(17-39)43-19-20-6-2-1-3-7-20/h1-4,6-7,9-12,14-16,22,34H,5,8,13,17-19H2,(H,35,38)(H,36,40)(H,41,42). The van der Waals surface area contributed by atoms with Crippen LogP contribution in [0.5, 0.6) is 0 Å². The minimum absolute atomic E-state index is 0.0763. The molecule has 1 unspecified atom stereocenters. The summed E-state index contributed by atoms with van der Waals surface area (Å²) in [5.41, 5.74) is 5.18. The highest BCUT2D eigenvalue weighted by Crippen LogP contribution is 2.34. The number of rotatable bonds is 9. The molecule has 4 N–H and O–H groups in total. The monoisotopic (exact) mass is 606 g/mol. The van der Waals surface area contributed by atoms with Crippen molar-refractivity contribution in [3.8, 4) is 11.1 Å². The summed E-state index contributed by atoms with van der Waals surface area (Å²) in [6.45, 7) is 2.57. The van der Waals surface area contributed by atoms with Gasteiger partial charge in [-0.05, 0) is 60.3 Å². The average molecular weight is 607 g/mol. The van der Waals surface area contributed by atoms with Crippen molar-refractivity contribution >= 4 is 50.7 Å². The summed E-state index contributed by atoms with van der Waals surface area (Å²) in [7, 11) is 0. The fourth-order valence-electron chi connectivity index (χ4n) is 5.83. The highest BCUT2D eigenvalue weighted by molar-refractivity contribution is 7.13. The molecule has 3 aromatic carbocycles. The summed E-state index contributed by atoms with van der Waals surface area (Å²) < 4.78 is 6.17. The molecule has 1 fully saturated rings. The van der Waals surface area contributed by atoms with Crippen molar-refractivity contribution in [3.63, 3.8) is 0 Å². The molecule has 1 aliphatic heterocycles. The summed E-state index contributed by atoms with van der Waals surface area (Å²) in [5.74, 6) is -1.75. The van der Waals surface area contributed by atoms with Crippen LogP contribution in [0.1, 0.15) is 43.6 Å². The topological polar surface area (TPSA) is 136 Å². The fraction of sp³-hybridized carbons (Fsp3) is 0.212. The number of nitrogens with zero attached hydrogens (tertiary/aromatic N) is 3. The zero-order chi connectivity index (χ0) is 30.0. The van der Waals surface area contributed by atoms with Crippen LogP contribution in [0.3, 0.4) is 0 Å². The Morgan fingerprint density at radius 1 is 1.07 bits per heavy atom. The molecule has 4 heterocycles. The van der Waals surface area contributed by atoms with Crippen LogP contribution >= 0.6 is 11.3 Å². The number of thiazole rings is 1. The largest absolute Gasteiger partial charge is 0.477 e. The van der Waals surface area contributed by atoms with Gasteiger partial charge in [-0.2, -0.15) is 5.10 Å². The van der Waals surface area contributed by atoms with Crippen molar-refractivity contribution in [2.24, 2.45) is 0 Å². The van der Waals surface area contributed by atoms with Gasteiger partial charge in [0.15, 0.2) is 5.69 Å². The highest BCUT2D eigenvalue weighted by Gasteiger charge is 2.27. The number of likely N-dealkylation sites (tertiary alicyclic amines) is 1. The van der Waals surface area contributed by atoms with Crippen LogP contribution in [0.15, 0.2) is 79.1 Å². The van der Waals surface area contributed by atoms with E-state index in [9.17, 15) is 14.7 Å². The Morgan fingerprint density at radius 2 is 1.95 bits per heavy atom. The predicted octanol–water partition coefficient (Wildman–Crippen LogP) is 6.30. The zero-order valence-corrected chi connectivity index (χ0v) is 24.6. The predicted molar refractivity (Wildman–Crippen MR) is 170 cm³/mol. The van der Waals surface area contributed by atoms with Gasteiger partial charge in [-0.25, -0.2) is 9.78 Å². The fourth-order valence-corrected chi connectivity index (χ4v) is 6.77. The van der Waals surface area contributed by atoms with Crippen LogP contribution in [-0.2, 0) is 17.9 Å². The van der Waals surface area contributed by atoms with Crippen molar-refractivity contribution < 1.29 is 19.4 Å². The normalized spacial score (nSPS) is 15.6. The first-order chi connectivity index (χ1) is 21.5. The number of carbonyl (C=O) groups excluding carboxylic acids is 1. The number of aromatic carboxylic acids is 1. The van der Waals surface area contributed by atoms with Crippen molar-refractivity contribution in [3.05, 3.63) is 100 Å². The zero-order valence-electron chi connectivity index (χ0n) is 23.7. The summed E-state index contributed by atoms with van der Waals surface area (Å²) in [4.78, 5) is 35.7. The minimum Gasteiger partial charge on any atom is -0.477 e. The molecule has 0 saturated carbocycles. The number of benzene rings is 3. The Labute approximate surface area is 256 Å². The summed E-state index contributed by atoms with van der Waals surface area (Å²) >= 11 is 1.04. The van der Waals surface area contributed by atoms with Gasteiger partial charge in [-0.1, -0.05) is 42.5 Å². The number of ether oxygens (including phenoxy) is 1.